The molecule has 1 N–H and O–H groups in total. The zero-order valence-corrected chi connectivity index (χ0v) is 27.1. The van der Waals surface area contributed by atoms with Crippen molar-refractivity contribution in [1.82, 2.24) is 10.2 Å². The first-order valence-electron chi connectivity index (χ1n) is 14.7. The number of benzene rings is 3. The second kappa shape index (κ2) is 15.0. The molecule has 4 rings (SSSR count). The van der Waals surface area contributed by atoms with E-state index in [1.54, 1.807) is 19.1 Å². The zero-order valence-electron chi connectivity index (χ0n) is 26.3. The maximum Gasteiger partial charge on any atom is 0.265 e. The van der Waals surface area contributed by atoms with Crippen molar-refractivity contribution in [2.75, 3.05) is 39.3 Å². The maximum atomic E-state index is 14.4. The average molecular weight is 640 g/mol. The monoisotopic (exact) mass is 639 g/mol. The number of hydrogen-bond acceptors (Lipinski definition) is 8. The minimum atomic E-state index is -4.42. The van der Waals surface area contributed by atoms with Gasteiger partial charge in [0.05, 0.1) is 39.0 Å². The first-order valence-corrected chi connectivity index (χ1v) is 16.2. The normalized spacial score (nSPS) is 13.9. The van der Waals surface area contributed by atoms with E-state index < -0.39 is 28.5 Å². The fraction of sp³-hybridized carbons (Fsp3) is 0.394. The van der Waals surface area contributed by atoms with Crippen LogP contribution < -0.4 is 28.6 Å². The van der Waals surface area contributed by atoms with Gasteiger partial charge in [-0.05, 0) is 49.6 Å². The Labute approximate surface area is 265 Å². The van der Waals surface area contributed by atoms with Gasteiger partial charge in [0, 0.05) is 24.7 Å². The highest BCUT2D eigenvalue weighted by Gasteiger charge is 2.35. The maximum absolute atomic E-state index is 14.4. The summed E-state index contributed by atoms with van der Waals surface area (Å²) >= 11 is 0. The summed E-state index contributed by atoms with van der Waals surface area (Å²) in [6.45, 7) is 1.12. The topological polar surface area (TPSA) is 124 Å². The molecule has 1 atom stereocenters. The van der Waals surface area contributed by atoms with Crippen molar-refractivity contribution in [2.45, 2.75) is 56.1 Å². The molecule has 2 amide bonds. The number of nitrogens with one attached hydrogen (secondary N) is 1. The van der Waals surface area contributed by atoms with E-state index in [9.17, 15) is 18.0 Å². The zero-order chi connectivity index (χ0) is 32.6. The van der Waals surface area contributed by atoms with Gasteiger partial charge in [-0.1, -0.05) is 43.2 Å². The standard InChI is InChI=1S/C33H41N3O8S/c1-23(33(38)34-25-13-9-10-14-25)35(21-24-11-7-6-8-12-24)32(37)22-36(28-19-26(41-2)15-17-29(28)42-3)45(39,40)27-16-18-30(43-4)31(20-27)44-5/h6-8,11-12,15-20,23,25H,9-10,13-14,21-22H2,1-5H3,(H,34,38)/t23-/m1/s1. The second-order valence-electron chi connectivity index (χ2n) is 10.7. The van der Waals surface area contributed by atoms with Gasteiger partial charge in [0.15, 0.2) is 11.5 Å². The predicted molar refractivity (Wildman–Crippen MR) is 170 cm³/mol. The molecular weight excluding hydrogens is 598 g/mol. The highest BCUT2D eigenvalue weighted by atomic mass is 32.2. The molecule has 242 valence electrons. The summed E-state index contributed by atoms with van der Waals surface area (Å²) in [6.07, 6.45) is 3.85. The Kier molecular flexibility index (Phi) is 11.2. The fourth-order valence-electron chi connectivity index (χ4n) is 5.36. The van der Waals surface area contributed by atoms with Gasteiger partial charge in [0.25, 0.3) is 10.0 Å². The first-order chi connectivity index (χ1) is 21.6. The quantitative estimate of drug-likeness (QED) is 0.276. The van der Waals surface area contributed by atoms with Crippen LogP contribution in [0.2, 0.25) is 0 Å². The number of amides is 2. The lowest BCUT2D eigenvalue weighted by Gasteiger charge is -2.33. The van der Waals surface area contributed by atoms with Crippen molar-refractivity contribution in [3.63, 3.8) is 0 Å². The van der Waals surface area contributed by atoms with Crippen molar-refractivity contribution in [1.29, 1.82) is 0 Å². The molecule has 0 bridgehead atoms. The molecule has 0 unspecified atom stereocenters. The molecule has 11 nitrogen and oxygen atoms in total. The van der Waals surface area contributed by atoms with Crippen LogP contribution in [0.5, 0.6) is 23.0 Å². The molecule has 0 aliphatic heterocycles. The van der Waals surface area contributed by atoms with Crippen molar-refractivity contribution in [2.24, 2.45) is 0 Å². The number of rotatable bonds is 14. The number of nitrogens with zero attached hydrogens (tertiary/aromatic N) is 2. The van der Waals surface area contributed by atoms with Gasteiger partial charge in [-0.25, -0.2) is 8.42 Å². The number of anilines is 1. The summed E-state index contributed by atoms with van der Waals surface area (Å²) < 4.78 is 51.4. The molecule has 0 spiro atoms. The molecule has 1 aliphatic rings. The molecule has 1 saturated carbocycles. The van der Waals surface area contributed by atoms with Gasteiger partial charge >= 0.3 is 0 Å². The first kappa shape index (κ1) is 33.4. The predicted octanol–water partition coefficient (Wildman–Crippen LogP) is 4.39. The second-order valence-corrected chi connectivity index (χ2v) is 12.6. The minimum Gasteiger partial charge on any atom is -0.497 e. The third-order valence-electron chi connectivity index (χ3n) is 7.94. The fourth-order valence-corrected chi connectivity index (χ4v) is 6.80. The van der Waals surface area contributed by atoms with Crippen LogP contribution in [0.4, 0.5) is 5.69 Å². The average Bonchev–Trinajstić information content (AvgIpc) is 3.58. The third-order valence-corrected chi connectivity index (χ3v) is 9.70. The van der Waals surface area contributed by atoms with Gasteiger partial charge < -0.3 is 29.2 Å². The molecule has 0 radical (unpaired) electrons. The highest BCUT2D eigenvalue weighted by molar-refractivity contribution is 7.92. The summed E-state index contributed by atoms with van der Waals surface area (Å²) in [5, 5.41) is 3.07. The molecule has 3 aromatic carbocycles. The molecule has 1 fully saturated rings. The van der Waals surface area contributed by atoms with E-state index in [0.717, 1.165) is 35.6 Å². The van der Waals surface area contributed by atoms with E-state index in [2.05, 4.69) is 5.32 Å². The number of hydrogen-bond donors (Lipinski definition) is 1. The minimum absolute atomic E-state index is 0.0524. The van der Waals surface area contributed by atoms with E-state index in [0.29, 0.717) is 11.5 Å². The number of methoxy groups -OCH3 is 4. The molecule has 3 aromatic rings. The van der Waals surface area contributed by atoms with Crippen LogP contribution in [0.15, 0.2) is 71.6 Å². The van der Waals surface area contributed by atoms with Crippen LogP contribution >= 0.6 is 0 Å². The Morgan fingerprint density at radius 2 is 1.49 bits per heavy atom. The Hall–Kier alpha value is -4.45. The molecular formula is C33H41N3O8S. The third kappa shape index (κ3) is 7.80. The lowest BCUT2D eigenvalue weighted by Crippen LogP contribution is -2.52. The number of carbonyl (C=O) groups excluding carboxylic acids is 2. The largest absolute Gasteiger partial charge is 0.497 e. The lowest BCUT2D eigenvalue weighted by atomic mass is 10.1. The SMILES string of the molecule is COc1ccc(OC)c(N(CC(=O)N(Cc2ccccc2)[C@H](C)C(=O)NC2CCCC2)S(=O)(=O)c2ccc(OC)c(OC)c2)c1. The molecule has 12 heteroatoms. The molecule has 1 aliphatic carbocycles. The molecule has 0 heterocycles. The summed E-state index contributed by atoms with van der Waals surface area (Å²) in [5.74, 6) is 0.228. The Morgan fingerprint density at radius 1 is 0.844 bits per heavy atom. The summed E-state index contributed by atoms with van der Waals surface area (Å²) in [6, 6.07) is 17.3. The van der Waals surface area contributed by atoms with Gasteiger partial charge in [0.1, 0.15) is 24.1 Å². The van der Waals surface area contributed by atoms with Gasteiger partial charge in [0.2, 0.25) is 11.8 Å². The smallest absolute Gasteiger partial charge is 0.265 e. The van der Waals surface area contributed by atoms with Crippen molar-refractivity contribution in [3.8, 4) is 23.0 Å². The van der Waals surface area contributed by atoms with E-state index >= 15 is 0 Å². The van der Waals surface area contributed by atoms with Crippen molar-refractivity contribution in [3.05, 3.63) is 72.3 Å². The van der Waals surface area contributed by atoms with Crippen LogP contribution in [0.25, 0.3) is 0 Å². The lowest BCUT2D eigenvalue weighted by molar-refractivity contribution is -0.139. The van der Waals surface area contributed by atoms with Gasteiger partial charge in [-0.2, -0.15) is 0 Å². The summed E-state index contributed by atoms with van der Waals surface area (Å²) in [5.41, 5.74) is 0.877. The molecule has 0 saturated heterocycles. The summed E-state index contributed by atoms with van der Waals surface area (Å²) in [4.78, 5) is 29.0. The van der Waals surface area contributed by atoms with E-state index in [1.165, 1.54) is 57.6 Å². The highest BCUT2D eigenvalue weighted by Crippen LogP contribution is 2.38. The van der Waals surface area contributed by atoms with Crippen LogP contribution in [0, 0.1) is 0 Å². The Balaban J connectivity index is 1.78. The van der Waals surface area contributed by atoms with Crippen LogP contribution in [0.1, 0.15) is 38.2 Å². The van der Waals surface area contributed by atoms with Crippen LogP contribution in [-0.2, 0) is 26.2 Å². The number of ether oxygens (including phenoxy) is 4. The number of sulfonamides is 1. The Bertz CT molecular complexity index is 1580. The van der Waals surface area contributed by atoms with Crippen molar-refractivity contribution >= 4 is 27.5 Å². The van der Waals surface area contributed by atoms with Crippen LogP contribution in [0.3, 0.4) is 0 Å². The molecule has 0 aromatic heterocycles. The van der Waals surface area contributed by atoms with Gasteiger partial charge in [-0.3, -0.25) is 13.9 Å². The van der Waals surface area contributed by atoms with Gasteiger partial charge in [-0.15, -0.1) is 0 Å². The van der Waals surface area contributed by atoms with E-state index in [-0.39, 0.29) is 40.6 Å². The van der Waals surface area contributed by atoms with Crippen LogP contribution in [-0.4, -0.2) is 72.2 Å². The number of carbonyl (C=O) groups is 2. The Morgan fingerprint density at radius 3 is 2.11 bits per heavy atom. The van der Waals surface area contributed by atoms with Crippen molar-refractivity contribution < 1.29 is 37.0 Å². The summed E-state index contributed by atoms with van der Waals surface area (Å²) in [7, 11) is 1.29. The van der Waals surface area contributed by atoms with E-state index in [4.69, 9.17) is 18.9 Å². The van der Waals surface area contributed by atoms with E-state index in [1.807, 2.05) is 30.3 Å². The molecule has 45 heavy (non-hydrogen) atoms.